The van der Waals surface area contributed by atoms with Gasteiger partial charge >= 0.3 is 0 Å². The van der Waals surface area contributed by atoms with Crippen molar-refractivity contribution in [1.82, 2.24) is 20.2 Å². The lowest BCUT2D eigenvalue weighted by atomic mass is 10.1. The molecule has 0 amide bonds. The molecule has 1 aliphatic rings. The van der Waals surface area contributed by atoms with Crippen molar-refractivity contribution in [3.8, 4) is 0 Å². The molecule has 8 heteroatoms. The number of pyridine rings is 2. The van der Waals surface area contributed by atoms with Crippen molar-refractivity contribution in [3.63, 3.8) is 0 Å². The Morgan fingerprint density at radius 3 is 2.71 bits per heavy atom. The number of halogens is 2. The summed E-state index contributed by atoms with van der Waals surface area (Å²) in [6.45, 7) is 0.624. The van der Waals surface area contributed by atoms with Crippen molar-refractivity contribution in [2.45, 2.75) is 18.8 Å². The van der Waals surface area contributed by atoms with Crippen LogP contribution in [0.3, 0.4) is 0 Å². The van der Waals surface area contributed by atoms with Gasteiger partial charge in [0.15, 0.2) is 5.65 Å². The second-order valence-electron chi connectivity index (χ2n) is 7.01. The van der Waals surface area contributed by atoms with Gasteiger partial charge < -0.3 is 10.2 Å². The molecule has 1 aromatic carbocycles. The Morgan fingerprint density at radius 2 is 1.86 bits per heavy atom. The Kier molecular flexibility index (Phi) is 3.85. The van der Waals surface area contributed by atoms with E-state index in [1.54, 1.807) is 12.4 Å². The van der Waals surface area contributed by atoms with E-state index in [1.165, 1.54) is 0 Å². The number of H-pyrrole nitrogens is 1. The lowest BCUT2D eigenvalue weighted by Gasteiger charge is -2.33. The lowest BCUT2D eigenvalue weighted by molar-refractivity contribution is -0.0221. The van der Waals surface area contributed by atoms with Gasteiger partial charge in [-0.1, -0.05) is 0 Å². The summed E-state index contributed by atoms with van der Waals surface area (Å²) in [6.07, 6.45) is 3.16. The molecule has 142 valence electrons. The van der Waals surface area contributed by atoms with Crippen LogP contribution in [0.4, 0.5) is 26.1 Å². The number of aromatic amines is 1. The van der Waals surface area contributed by atoms with Gasteiger partial charge in [0.1, 0.15) is 11.6 Å². The standard InChI is InChI=1S/C20H18F2N6/c21-20(22)6-10-28(11-7-20)19-15-4-3-14(12-13(15)5-9-24-19)25-18-16-2-1-8-23-17(16)26-27-18/h1-5,8-9,12H,6-7,10-11H2,(H2,23,25,26,27). The molecule has 4 heterocycles. The summed E-state index contributed by atoms with van der Waals surface area (Å²) in [6, 6.07) is 11.7. The number of fused-ring (bicyclic) bond motifs is 2. The molecule has 1 fully saturated rings. The van der Waals surface area contributed by atoms with Gasteiger partial charge in [-0.3, -0.25) is 5.10 Å². The van der Waals surface area contributed by atoms with Gasteiger partial charge in [0.2, 0.25) is 0 Å². The zero-order chi connectivity index (χ0) is 19.1. The molecule has 0 bridgehead atoms. The number of alkyl halides is 2. The zero-order valence-electron chi connectivity index (χ0n) is 15.0. The second kappa shape index (κ2) is 6.40. The topological polar surface area (TPSA) is 69.7 Å². The van der Waals surface area contributed by atoms with Crippen LogP contribution >= 0.6 is 0 Å². The summed E-state index contributed by atoms with van der Waals surface area (Å²) in [4.78, 5) is 10.6. The Labute approximate surface area is 159 Å². The number of benzene rings is 1. The predicted molar refractivity (Wildman–Crippen MR) is 105 cm³/mol. The van der Waals surface area contributed by atoms with Crippen molar-refractivity contribution in [3.05, 3.63) is 48.8 Å². The molecule has 4 aromatic rings. The molecule has 1 aliphatic heterocycles. The van der Waals surface area contributed by atoms with E-state index in [0.717, 1.165) is 33.5 Å². The van der Waals surface area contributed by atoms with Crippen LogP contribution in [0.2, 0.25) is 0 Å². The Balaban J connectivity index is 1.45. The molecule has 2 N–H and O–H groups in total. The third kappa shape index (κ3) is 3.00. The average molecular weight is 380 g/mol. The number of nitrogens with one attached hydrogen (secondary N) is 2. The zero-order valence-corrected chi connectivity index (χ0v) is 15.0. The molecule has 1 saturated heterocycles. The summed E-state index contributed by atoms with van der Waals surface area (Å²) in [7, 11) is 0. The van der Waals surface area contributed by atoms with Crippen molar-refractivity contribution in [1.29, 1.82) is 0 Å². The minimum Gasteiger partial charge on any atom is -0.356 e. The molecule has 0 saturated carbocycles. The third-order valence-corrected chi connectivity index (χ3v) is 5.14. The molecule has 0 radical (unpaired) electrons. The number of hydrogen-bond acceptors (Lipinski definition) is 5. The van der Waals surface area contributed by atoms with Gasteiger partial charge in [-0.15, -0.1) is 0 Å². The fourth-order valence-electron chi connectivity index (χ4n) is 3.63. The number of rotatable bonds is 3. The van der Waals surface area contributed by atoms with Crippen LogP contribution in [0, 0.1) is 0 Å². The van der Waals surface area contributed by atoms with Crippen LogP contribution < -0.4 is 10.2 Å². The predicted octanol–water partition coefficient (Wildman–Crippen LogP) is 4.49. The Morgan fingerprint density at radius 1 is 1.00 bits per heavy atom. The molecule has 0 spiro atoms. The fraction of sp³-hybridized carbons (Fsp3) is 0.250. The van der Waals surface area contributed by atoms with E-state index in [2.05, 4.69) is 25.5 Å². The van der Waals surface area contributed by atoms with E-state index >= 15 is 0 Å². The molecular formula is C20H18F2N6. The lowest BCUT2D eigenvalue weighted by Crippen LogP contribution is -2.39. The minimum atomic E-state index is -2.57. The van der Waals surface area contributed by atoms with Crippen LogP contribution in [-0.4, -0.2) is 39.2 Å². The molecule has 0 atom stereocenters. The van der Waals surface area contributed by atoms with E-state index in [1.807, 2.05) is 41.3 Å². The molecule has 28 heavy (non-hydrogen) atoms. The summed E-state index contributed by atoms with van der Waals surface area (Å²) in [5.74, 6) is -1.04. The highest BCUT2D eigenvalue weighted by Crippen LogP contribution is 2.34. The first-order valence-electron chi connectivity index (χ1n) is 9.17. The first kappa shape index (κ1) is 16.9. The Bertz CT molecular complexity index is 1150. The van der Waals surface area contributed by atoms with E-state index in [-0.39, 0.29) is 12.8 Å². The molecule has 5 rings (SSSR count). The van der Waals surface area contributed by atoms with Crippen molar-refractivity contribution in [2.75, 3.05) is 23.3 Å². The SMILES string of the molecule is FC1(F)CCN(c2nccc3cc(Nc4[nH]nc5ncccc45)ccc23)CC1. The van der Waals surface area contributed by atoms with Crippen LogP contribution in [0.1, 0.15) is 12.8 Å². The molecule has 3 aromatic heterocycles. The quantitative estimate of drug-likeness (QED) is 0.548. The van der Waals surface area contributed by atoms with Crippen molar-refractivity contribution >= 4 is 39.1 Å². The summed E-state index contributed by atoms with van der Waals surface area (Å²) >= 11 is 0. The van der Waals surface area contributed by atoms with Crippen LogP contribution in [0.25, 0.3) is 21.8 Å². The van der Waals surface area contributed by atoms with Gasteiger partial charge in [0.05, 0.1) is 5.39 Å². The average Bonchev–Trinajstić information content (AvgIpc) is 3.10. The van der Waals surface area contributed by atoms with Gasteiger partial charge in [-0.2, -0.15) is 5.10 Å². The van der Waals surface area contributed by atoms with Crippen LogP contribution in [0.15, 0.2) is 48.8 Å². The second-order valence-corrected chi connectivity index (χ2v) is 7.01. The van der Waals surface area contributed by atoms with Gasteiger partial charge in [-0.05, 0) is 41.8 Å². The molecule has 6 nitrogen and oxygen atoms in total. The van der Waals surface area contributed by atoms with Crippen LogP contribution in [0.5, 0.6) is 0 Å². The molecular weight excluding hydrogens is 362 g/mol. The van der Waals surface area contributed by atoms with E-state index in [4.69, 9.17) is 0 Å². The summed E-state index contributed by atoms with van der Waals surface area (Å²) in [5.41, 5.74) is 1.54. The van der Waals surface area contributed by atoms with E-state index < -0.39 is 5.92 Å². The van der Waals surface area contributed by atoms with Crippen molar-refractivity contribution < 1.29 is 8.78 Å². The number of nitrogens with zero attached hydrogens (tertiary/aromatic N) is 4. The van der Waals surface area contributed by atoms with Gasteiger partial charge in [-0.25, -0.2) is 18.7 Å². The van der Waals surface area contributed by atoms with Crippen molar-refractivity contribution in [2.24, 2.45) is 0 Å². The summed E-state index contributed by atoms with van der Waals surface area (Å²) in [5, 5.41) is 13.3. The third-order valence-electron chi connectivity index (χ3n) is 5.14. The smallest absolute Gasteiger partial charge is 0.251 e. The van der Waals surface area contributed by atoms with E-state index in [0.29, 0.717) is 18.7 Å². The highest BCUT2D eigenvalue weighted by molar-refractivity contribution is 5.96. The normalized spacial score (nSPS) is 16.6. The summed E-state index contributed by atoms with van der Waals surface area (Å²) < 4.78 is 27.0. The Hall–Kier alpha value is -3.29. The van der Waals surface area contributed by atoms with Crippen LogP contribution in [-0.2, 0) is 0 Å². The maximum absolute atomic E-state index is 13.5. The van der Waals surface area contributed by atoms with E-state index in [9.17, 15) is 8.78 Å². The van der Waals surface area contributed by atoms with Gasteiger partial charge in [0, 0.05) is 49.4 Å². The fourth-order valence-corrected chi connectivity index (χ4v) is 3.63. The largest absolute Gasteiger partial charge is 0.356 e. The molecule has 0 aliphatic carbocycles. The number of aromatic nitrogens is 4. The highest BCUT2D eigenvalue weighted by atomic mass is 19.3. The molecule has 0 unspecified atom stereocenters. The monoisotopic (exact) mass is 380 g/mol. The number of hydrogen-bond donors (Lipinski definition) is 2. The first-order valence-corrected chi connectivity index (χ1v) is 9.17. The number of anilines is 3. The minimum absolute atomic E-state index is 0.133. The van der Waals surface area contributed by atoms with Gasteiger partial charge in [0.25, 0.3) is 5.92 Å². The first-order chi connectivity index (χ1) is 13.6. The number of piperidine rings is 1. The highest BCUT2D eigenvalue weighted by Gasteiger charge is 2.34. The maximum Gasteiger partial charge on any atom is 0.251 e. The maximum atomic E-state index is 13.5.